The van der Waals surface area contributed by atoms with Crippen LogP contribution in [0, 0.1) is 5.92 Å². The van der Waals surface area contributed by atoms with Crippen molar-refractivity contribution in [1.82, 2.24) is 4.98 Å². The molecule has 2 nitrogen and oxygen atoms in total. The maximum absolute atomic E-state index is 4.24. The number of fused-ring (bicyclic) bond motifs is 1. The highest BCUT2D eigenvalue weighted by molar-refractivity contribution is 5.84. The predicted octanol–water partition coefficient (Wildman–Crippen LogP) is 5.28. The zero-order valence-corrected chi connectivity index (χ0v) is 13.7. The fraction of sp³-hybridized carbons (Fsp3) is 0.526. The van der Waals surface area contributed by atoms with Crippen molar-refractivity contribution < 1.29 is 0 Å². The summed E-state index contributed by atoms with van der Waals surface area (Å²) in [6.45, 7) is 9.18. The Morgan fingerprint density at radius 3 is 2.62 bits per heavy atom. The number of benzene rings is 1. The smallest absolute Gasteiger partial charge is 0.0373 e. The summed E-state index contributed by atoms with van der Waals surface area (Å²) in [5.74, 6) is 0.791. The minimum absolute atomic E-state index is 0.791. The summed E-state index contributed by atoms with van der Waals surface area (Å²) in [5.41, 5.74) is 1.34. The summed E-state index contributed by atoms with van der Waals surface area (Å²) < 4.78 is 0. The molecule has 0 amide bonds. The van der Waals surface area contributed by atoms with Gasteiger partial charge in [-0.3, -0.25) is 4.98 Å². The number of anilines is 1. The number of nitrogens with zero attached hydrogens (tertiary/aromatic N) is 2. The largest absolute Gasteiger partial charge is 0.372 e. The van der Waals surface area contributed by atoms with Gasteiger partial charge in [-0.25, -0.2) is 0 Å². The van der Waals surface area contributed by atoms with E-state index in [-0.39, 0.29) is 0 Å². The first-order valence-electron chi connectivity index (χ1n) is 8.29. The van der Waals surface area contributed by atoms with E-state index in [1.807, 2.05) is 12.4 Å². The summed E-state index contributed by atoms with van der Waals surface area (Å²) in [4.78, 5) is 6.78. The number of pyridine rings is 1. The third kappa shape index (κ3) is 4.73. The van der Waals surface area contributed by atoms with E-state index in [4.69, 9.17) is 0 Å². The van der Waals surface area contributed by atoms with Crippen LogP contribution in [0.1, 0.15) is 46.5 Å². The van der Waals surface area contributed by atoms with Crippen LogP contribution >= 0.6 is 0 Å². The molecule has 0 spiro atoms. The van der Waals surface area contributed by atoms with Gasteiger partial charge in [0.2, 0.25) is 0 Å². The van der Waals surface area contributed by atoms with Gasteiger partial charge in [-0.2, -0.15) is 0 Å². The fourth-order valence-electron chi connectivity index (χ4n) is 2.68. The van der Waals surface area contributed by atoms with Crippen LogP contribution in [0.3, 0.4) is 0 Å². The van der Waals surface area contributed by atoms with E-state index >= 15 is 0 Å². The maximum atomic E-state index is 4.24. The van der Waals surface area contributed by atoms with Gasteiger partial charge in [0.05, 0.1) is 0 Å². The minimum atomic E-state index is 0.791. The summed E-state index contributed by atoms with van der Waals surface area (Å²) in [7, 11) is 0. The molecule has 0 aliphatic rings. The van der Waals surface area contributed by atoms with E-state index < -0.39 is 0 Å². The van der Waals surface area contributed by atoms with E-state index in [9.17, 15) is 0 Å². The molecule has 0 saturated heterocycles. The van der Waals surface area contributed by atoms with Crippen LogP contribution < -0.4 is 4.90 Å². The van der Waals surface area contributed by atoms with E-state index in [1.165, 1.54) is 42.1 Å². The molecule has 0 fully saturated rings. The normalized spacial score (nSPS) is 11.2. The van der Waals surface area contributed by atoms with Crippen LogP contribution in [0.4, 0.5) is 5.69 Å². The summed E-state index contributed by atoms with van der Waals surface area (Å²) in [6.07, 6.45) is 8.90. The van der Waals surface area contributed by atoms with Crippen molar-refractivity contribution >= 4 is 16.5 Å². The number of hydrogen-bond donors (Lipinski definition) is 0. The molecule has 0 aliphatic carbocycles. The van der Waals surface area contributed by atoms with Crippen LogP contribution in [-0.4, -0.2) is 18.1 Å². The van der Waals surface area contributed by atoms with Gasteiger partial charge in [-0.15, -0.1) is 0 Å². The second-order valence-corrected chi connectivity index (χ2v) is 6.28. The molecule has 2 aromatic rings. The van der Waals surface area contributed by atoms with Crippen molar-refractivity contribution in [3.05, 3.63) is 36.7 Å². The molecule has 0 saturated carbocycles. The third-order valence-corrected chi connectivity index (χ3v) is 3.98. The molecular weight excluding hydrogens is 256 g/mol. The van der Waals surface area contributed by atoms with Gasteiger partial charge in [-0.05, 0) is 48.8 Å². The monoisotopic (exact) mass is 284 g/mol. The first-order chi connectivity index (χ1) is 10.2. The van der Waals surface area contributed by atoms with Crippen molar-refractivity contribution in [2.75, 3.05) is 18.0 Å². The molecule has 2 heteroatoms. The first-order valence-corrected chi connectivity index (χ1v) is 8.29. The van der Waals surface area contributed by atoms with Crippen LogP contribution in [0.5, 0.6) is 0 Å². The number of unbranched alkanes of at least 4 members (excludes halogenated alkanes) is 1. The summed E-state index contributed by atoms with van der Waals surface area (Å²) in [6, 6.07) is 8.84. The van der Waals surface area contributed by atoms with Crippen molar-refractivity contribution in [3.8, 4) is 0 Å². The van der Waals surface area contributed by atoms with Crippen molar-refractivity contribution in [3.63, 3.8) is 0 Å². The van der Waals surface area contributed by atoms with Gasteiger partial charge in [-0.1, -0.05) is 33.3 Å². The topological polar surface area (TPSA) is 16.1 Å². The van der Waals surface area contributed by atoms with Gasteiger partial charge in [0.25, 0.3) is 0 Å². The molecule has 2 rings (SSSR count). The lowest BCUT2D eigenvalue weighted by molar-refractivity contribution is 0.546. The van der Waals surface area contributed by atoms with E-state index in [0.29, 0.717) is 0 Å². The lowest BCUT2D eigenvalue weighted by atomic mass is 10.1. The van der Waals surface area contributed by atoms with E-state index in [2.05, 4.69) is 54.9 Å². The standard InChI is InChI=1S/C19H28N2/c1-4-5-12-21(13-6-7-16(2)3)19-9-8-17-10-11-20-15-18(17)14-19/h8-11,14-16H,4-7,12-13H2,1-3H3. The maximum Gasteiger partial charge on any atom is 0.0373 e. The summed E-state index contributed by atoms with van der Waals surface area (Å²) >= 11 is 0. The third-order valence-electron chi connectivity index (χ3n) is 3.98. The Bertz CT molecular complexity index is 548. The molecule has 0 radical (unpaired) electrons. The molecule has 1 aromatic heterocycles. The average Bonchev–Trinajstić information content (AvgIpc) is 2.50. The highest BCUT2D eigenvalue weighted by atomic mass is 15.1. The van der Waals surface area contributed by atoms with Crippen LogP contribution in [0.2, 0.25) is 0 Å². The van der Waals surface area contributed by atoms with Gasteiger partial charge >= 0.3 is 0 Å². The Kier molecular flexibility index (Phi) is 6.04. The molecule has 0 unspecified atom stereocenters. The quantitative estimate of drug-likeness (QED) is 0.656. The lowest BCUT2D eigenvalue weighted by Gasteiger charge is -2.25. The minimum Gasteiger partial charge on any atom is -0.372 e. The second-order valence-electron chi connectivity index (χ2n) is 6.28. The molecule has 0 aliphatic heterocycles. The Labute approximate surface area is 129 Å². The molecular formula is C19H28N2. The molecule has 1 heterocycles. The highest BCUT2D eigenvalue weighted by Gasteiger charge is 2.07. The van der Waals surface area contributed by atoms with Gasteiger partial charge < -0.3 is 4.90 Å². The van der Waals surface area contributed by atoms with E-state index in [1.54, 1.807) is 0 Å². The molecule has 21 heavy (non-hydrogen) atoms. The van der Waals surface area contributed by atoms with Crippen LogP contribution in [0.25, 0.3) is 10.8 Å². The number of aromatic nitrogens is 1. The molecule has 114 valence electrons. The van der Waals surface area contributed by atoms with Crippen molar-refractivity contribution in [2.24, 2.45) is 5.92 Å². The second kappa shape index (κ2) is 8.02. The van der Waals surface area contributed by atoms with Crippen LogP contribution in [-0.2, 0) is 0 Å². The van der Waals surface area contributed by atoms with Gasteiger partial charge in [0.1, 0.15) is 0 Å². The Hall–Kier alpha value is -1.57. The van der Waals surface area contributed by atoms with Gasteiger partial charge in [0.15, 0.2) is 0 Å². The highest BCUT2D eigenvalue weighted by Crippen LogP contribution is 2.22. The Morgan fingerprint density at radius 2 is 1.86 bits per heavy atom. The molecule has 0 bridgehead atoms. The number of rotatable bonds is 8. The van der Waals surface area contributed by atoms with Crippen LogP contribution in [0.15, 0.2) is 36.7 Å². The molecule has 0 N–H and O–H groups in total. The Balaban J connectivity index is 2.12. The SMILES string of the molecule is CCCCN(CCCC(C)C)c1ccc2ccncc2c1. The van der Waals surface area contributed by atoms with Gasteiger partial charge in [0, 0.05) is 36.6 Å². The zero-order valence-electron chi connectivity index (χ0n) is 13.7. The van der Waals surface area contributed by atoms with E-state index in [0.717, 1.165) is 19.0 Å². The number of hydrogen-bond acceptors (Lipinski definition) is 2. The van der Waals surface area contributed by atoms with Crippen molar-refractivity contribution in [1.29, 1.82) is 0 Å². The average molecular weight is 284 g/mol. The summed E-state index contributed by atoms with van der Waals surface area (Å²) in [5, 5.41) is 2.51. The molecule has 1 aromatic carbocycles. The van der Waals surface area contributed by atoms with Crippen molar-refractivity contribution in [2.45, 2.75) is 46.5 Å². The first kappa shape index (κ1) is 15.8. The predicted molar refractivity (Wildman–Crippen MR) is 92.9 cm³/mol. The Morgan fingerprint density at radius 1 is 1.05 bits per heavy atom. The molecule has 0 atom stereocenters. The zero-order chi connectivity index (χ0) is 15.1. The lowest BCUT2D eigenvalue weighted by Crippen LogP contribution is -2.25. The fourth-order valence-corrected chi connectivity index (χ4v) is 2.68.